The third kappa shape index (κ3) is 4.19. The molecule has 0 aliphatic heterocycles. The minimum atomic E-state index is -0.0416. The quantitative estimate of drug-likeness (QED) is 0.569. The van der Waals surface area contributed by atoms with Crippen molar-refractivity contribution in [2.75, 3.05) is 20.3 Å². The van der Waals surface area contributed by atoms with Gasteiger partial charge in [-0.3, -0.25) is 4.79 Å². The molecule has 0 bridgehead atoms. The van der Waals surface area contributed by atoms with Crippen molar-refractivity contribution >= 4 is 28.5 Å². The molecular weight excluding hydrogens is 388 g/mol. The van der Waals surface area contributed by atoms with E-state index in [2.05, 4.69) is 43.3 Å². The third-order valence-corrected chi connectivity index (χ3v) is 5.77. The van der Waals surface area contributed by atoms with E-state index in [0.717, 1.165) is 22.3 Å². The van der Waals surface area contributed by atoms with Crippen LogP contribution in [0.4, 0.5) is 0 Å². The van der Waals surface area contributed by atoms with Gasteiger partial charge in [0.1, 0.15) is 0 Å². The van der Waals surface area contributed by atoms with Crippen molar-refractivity contribution in [1.29, 1.82) is 0 Å². The average Bonchev–Trinajstić information content (AvgIpc) is 3.14. The molecule has 0 saturated heterocycles. The van der Waals surface area contributed by atoms with E-state index in [4.69, 9.17) is 16.3 Å². The molecule has 156 valence electrons. The Kier molecular flexibility index (Phi) is 6.34. The molecule has 0 atom stereocenters. The first-order valence-electron chi connectivity index (χ1n) is 9.82. The molecule has 0 saturated carbocycles. The number of aromatic nitrogens is 3. The van der Waals surface area contributed by atoms with Crippen LogP contribution < -0.4 is 0 Å². The molecule has 3 aromatic rings. The van der Waals surface area contributed by atoms with Crippen LogP contribution in [0.5, 0.6) is 0 Å². The highest BCUT2D eigenvalue weighted by Gasteiger charge is 2.20. The zero-order valence-corrected chi connectivity index (χ0v) is 18.7. The van der Waals surface area contributed by atoms with Crippen LogP contribution in [0, 0.1) is 13.8 Å². The fourth-order valence-corrected chi connectivity index (χ4v) is 4.01. The zero-order chi connectivity index (χ0) is 21.3. The van der Waals surface area contributed by atoms with Crippen molar-refractivity contribution < 1.29 is 9.53 Å². The van der Waals surface area contributed by atoms with E-state index >= 15 is 0 Å². The maximum absolute atomic E-state index is 13.3. The Morgan fingerprint density at radius 2 is 2.00 bits per heavy atom. The first-order chi connectivity index (χ1) is 13.7. The summed E-state index contributed by atoms with van der Waals surface area (Å²) in [5, 5.41) is 0.436. The Bertz CT molecular complexity index is 1040. The van der Waals surface area contributed by atoms with Gasteiger partial charge in [-0.15, -0.1) is 0 Å². The van der Waals surface area contributed by atoms with Gasteiger partial charge in [-0.1, -0.05) is 0 Å². The Morgan fingerprint density at radius 1 is 1.28 bits per heavy atom. The van der Waals surface area contributed by atoms with Crippen molar-refractivity contribution in [3.63, 3.8) is 0 Å². The van der Waals surface area contributed by atoms with Crippen molar-refractivity contribution in [3.8, 4) is 0 Å². The van der Waals surface area contributed by atoms with Crippen LogP contribution >= 0.6 is 11.6 Å². The number of methoxy groups -OCH3 is 1. The molecular formula is C22H29ClN4O2. The molecule has 6 nitrogen and oxygen atoms in total. The first kappa shape index (κ1) is 21.4. The number of hydrogen-bond acceptors (Lipinski definition) is 3. The number of nitrogens with zero attached hydrogens (tertiary/aromatic N) is 4. The topological polar surface area (TPSA) is 52.3 Å². The molecule has 1 aromatic carbocycles. The van der Waals surface area contributed by atoms with Crippen LogP contribution in [-0.2, 0) is 18.3 Å². The summed E-state index contributed by atoms with van der Waals surface area (Å²) in [7, 11) is 3.69. The van der Waals surface area contributed by atoms with Gasteiger partial charge < -0.3 is 18.8 Å². The fourth-order valence-electron chi connectivity index (χ4n) is 3.63. The fraction of sp³-hybridized carbons (Fsp3) is 0.455. The van der Waals surface area contributed by atoms with Gasteiger partial charge in [-0.05, 0) is 69.1 Å². The minimum absolute atomic E-state index is 0.0416. The summed E-state index contributed by atoms with van der Waals surface area (Å²) in [4.78, 5) is 19.6. The van der Waals surface area contributed by atoms with Gasteiger partial charge in [0, 0.05) is 50.2 Å². The largest absolute Gasteiger partial charge is 0.383 e. The second kappa shape index (κ2) is 8.59. The predicted molar refractivity (Wildman–Crippen MR) is 117 cm³/mol. The number of amides is 1. The van der Waals surface area contributed by atoms with Gasteiger partial charge in [-0.2, -0.15) is 0 Å². The lowest BCUT2D eigenvalue weighted by molar-refractivity contribution is 0.0680. The maximum Gasteiger partial charge on any atom is 0.254 e. The number of imidazole rings is 1. The molecule has 7 heteroatoms. The molecule has 0 N–H and O–H groups in total. The number of fused-ring (bicyclic) bond motifs is 1. The van der Waals surface area contributed by atoms with Crippen molar-refractivity contribution in [2.24, 2.45) is 7.05 Å². The number of carbonyl (C=O) groups is 1. The average molecular weight is 417 g/mol. The minimum Gasteiger partial charge on any atom is -0.383 e. The van der Waals surface area contributed by atoms with Crippen LogP contribution in [0.15, 0.2) is 24.3 Å². The van der Waals surface area contributed by atoms with Crippen molar-refractivity contribution in [1.82, 2.24) is 19.0 Å². The van der Waals surface area contributed by atoms with E-state index < -0.39 is 0 Å². The molecule has 0 spiro atoms. The van der Waals surface area contributed by atoms with Gasteiger partial charge in [0.15, 0.2) is 0 Å². The number of benzene rings is 1. The standard InChI is InChI=1S/C22H29ClN4O2/c1-14(2)27-20-8-7-17(12-19(20)24-22(27)23)21(28)26(9-10-29-6)13-18-11-15(3)25(5)16(18)4/h7-8,11-12,14H,9-10,13H2,1-6H3. The van der Waals surface area contributed by atoms with Crippen LogP contribution in [0.2, 0.25) is 5.28 Å². The number of rotatable bonds is 7. The molecule has 0 radical (unpaired) electrons. The molecule has 29 heavy (non-hydrogen) atoms. The highest BCUT2D eigenvalue weighted by atomic mass is 35.5. The Hall–Kier alpha value is -2.31. The lowest BCUT2D eigenvalue weighted by Crippen LogP contribution is -2.33. The van der Waals surface area contributed by atoms with Crippen molar-refractivity contribution in [2.45, 2.75) is 40.3 Å². The molecule has 2 heterocycles. The van der Waals surface area contributed by atoms with Gasteiger partial charge in [0.2, 0.25) is 5.28 Å². The Balaban J connectivity index is 1.93. The lowest BCUT2D eigenvalue weighted by Gasteiger charge is -2.23. The summed E-state index contributed by atoms with van der Waals surface area (Å²) in [5.74, 6) is -0.0416. The molecule has 0 fully saturated rings. The van der Waals surface area contributed by atoms with Crippen LogP contribution in [0.25, 0.3) is 11.0 Å². The number of aryl methyl sites for hydroxylation is 1. The monoisotopic (exact) mass is 416 g/mol. The smallest absolute Gasteiger partial charge is 0.254 e. The predicted octanol–water partition coefficient (Wildman–Crippen LogP) is 4.51. The van der Waals surface area contributed by atoms with Gasteiger partial charge in [-0.25, -0.2) is 4.98 Å². The maximum atomic E-state index is 13.3. The van der Waals surface area contributed by atoms with Gasteiger partial charge >= 0.3 is 0 Å². The van der Waals surface area contributed by atoms with Crippen LogP contribution in [0.3, 0.4) is 0 Å². The third-order valence-electron chi connectivity index (χ3n) is 5.50. The highest BCUT2D eigenvalue weighted by Crippen LogP contribution is 2.26. The molecule has 2 aromatic heterocycles. The van der Waals surface area contributed by atoms with Gasteiger partial charge in [0.25, 0.3) is 5.91 Å². The molecule has 0 aliphatic rings. The lowest BCUT2D eigenvalue weighted by atomic mass is 10.1. The summed E-state index contributed by atoms with van der Waals surface area (Å²) in [5.41, 5.74) is 5.74. The van der Waals surface area contributed by atoms with Crippen molar-refractivity contribution in [3.05, 3.63) is 52.1 Å². The molecule has 0 aliphatic carbocycles. The summed E-state index contributed by atoms with van der Waals surface area (Å²) < 4.78 is 9.34. The molecule has 3 rings (SSSR count). The SMILES string of the molecule is COCCN(Cc1cc(C)n(C)c1C)C(=O)c1ccc2c(c1)nc(Cl)n2C(C)C. The van der Waals surface area contributed by atoms with E-state index in [1.54, 1.807) is 7.11 Å². The Morgan fingerprint density at radius 3 is 2.59 bits per heavy atom. The van der Waals surface area contributed by atoms with E-state index in [0.29, 0.717) is 30.5 Å². The normalized spacial score (nSPS) is 11.6. The zero-order valence-electron chi connectivity index (χ0n) is 18.0. The Labute approximate surface area is 177 Å². The van der Waals surface area contributed by atoms with Crippen LogP contribution in [0.1, 0.15) is 47.2 Å². The summed E-state index contributed by atoms with van der Waals surface area (Å²) in [6, 6.07) is 7.93. The van der Waals surface area contributed by atoms with E-state index in [1.165, 1.54) is 5.69 Å². The second-order valence-electron chi connectivity index (χ2n) is 7.72. The van der Waals surface area contributed by atoms with E-state index in [1.807, 2.05) is 34.7 Å². The summed E-state index contributed by atoms with van der Waals surface area (Å²) >= 11 is 6.31. The highest BCUT2D eigenvalue weighted by molar-refractivity contribution is 6.29. The molecule has 0 unspecified atom stereocenters. The number of ether oxygens (including phenoxy) is 1. The van der Waals surface area contributed by atoms with E-state index in [-0.39, 0.29) is 11.9 Å². The number of hydrogen-bond donors (Lipinski definition) is 0. The number of halogens is 1. The number of carbonyl (C=O) groups excluding carboxylic acids is 1. The first-order valence-corrected chi connectivity index (χ1v) is 10.2. The summed E-state index contributed by atoms with van der Waals surface area (Å²) in [6.45, 7) is 9.80. The summed E-state index contributed by atoms with van der Waals surface area (Å²) in [6.07, 6.45) is 0. The molecule has 1 amide bonds. The van der Waals surface area contributed by atoms with Gasteiger partial charge in [0.05, 0.1) is 17.6 Å². The van der Waals surface area contributed by atoms with Crippen LogP contribution in [-0.4, -0.2) is 45.2 Å². The van der Waals surface area contributed by atoms with E-state index in [9.17, 15) is 4.79 Å². The second-order valence-corrected chi connectivity index (χ2v) is 8.06.